The first kappa shape index (κ1) is 20.4. The van der Waals surface area contributed by atoms with E-state index in [2.05, 4.69) is 4.72 Å². The van der Waals surface area contributed by atoms with E-state index in [-0.39, 0.29) is 16.2 Å². The van der Waals surface area contributed by atoms with Crippen molar-refractivity contribution in [3.8, 4) is 0 Å². The maximum Gasteiger partial charge on any atom is 0.261 e. The highest BCUT2D eigenvalue weighted by Gasteiger charge is 2.34. The van der Waals surface area contributed by atoms with Gasteiger partial charge in [0.05, 0.1) is 10.6 Å². The van der Waals surface area contributed by atoms with Crippen molar-refractivity contribution in [3.63, 3.8) is 0 Å². The van der Waals surface area contributed by atoms with Crippen molar-refractivity contribution in [1.29, 1.82) is 0 Å². The Kier molecular flexibility index (Phi) is 5.53. The number of carbonyl (C=O) groups is 1. The molecule has 0 saturated carbocycles. The first-order valence-electron chi connectivity index (χ1n) is 9.22. The summed E-state index contributed by atoms with van der Waals surface area (Å²) in [5, 5.41) is -0.179. The third-order valence-corrected chi connectivity index (χ3v) is 7.33. The summed E-state index contributed by atoms with van der Waals surface area (Å²) in [6.07, 6.45) is 0. The monoisotopic (exact) mass is 442 g/mol. The van der Waals surface area contributed by atoms with Crippen LogP contribution in [0.2, 0.25) is 0 Å². The number of nitrogens with zero attached hydrogens (tertiary/aromatic N) is 1. The second kappa shape index (κ2) is 8.12. The fourth-order valence-corrected chi connectivity index (χ4v) is 5.51. The fourth-order valence-electron chi connectivity index (χ4n) is 3.27. The Morgan fingerprint density at radius 3 is 2.40 bits per heavy atom. The van der Waals surface area contributed by atoms with E-state index in [9.17, 15) is 17.6 Å². The lowest BCUT2D eigenvalue weighted by molar-refractivity contribution is -0.115. The highest BCUT2D eigenvalue weighted by atomic mass is 32.2. The molecule has 1 amide bonds. The molecule has 1 N–H and O–H groups in total. The van der Waals surface area contributed by atoms with Gasteiger partial charge in [0, 0.05) is 11.4 Å². The number of rotatable bonds is 5. The predicted octanol–water partition coefficient (Wildman–Crippen LogP) is 4.71. The summed E-state index contributed by atoms with van der Waals surface area (Å²) in [5.74, 6) is -0.0749. The van der Waals surface area contributed by atoms with Crippen LogP contribution in [0.25, 0.3) is 0 Å². The van der Waals surface area contributed by atoms with Crippen molar-refractivity contribution in [2.75, 3.05) is 15.4 Å². The molecule has 1 aliphatic rings. The van der Waals surface area contributed by atoms with Gasteiger partial charge >= 0.3 is 0 Å². The molecule has 1 aliphatic heterocycles. The average molecular weight is 443 g/mol. The summed E-state index contributed by atoms with van der Waals surface area (Å²) in [4.78, 5) is 14.2. The Balaban J connectivity index is 1.55. The number of nitrogens with one attached hydrogen (secondary N) is 1. The van der Waals surface area contributed by atoms with Gasteiger partial charge in [-0.15, -0.1) is 11.8 Å². The minimum absolute atomic E-state index is 0.0180. The largest absolute Gasteiger partial charge is 0.295 e. The van der Waals surface area contributed by atoms with Crippen LogP contribution in [0.5, 0.6) is 0 Å². The van der Waals surface area contributed by atoms with Gasteiger partial charge in [-0.05, 0) is 66.6 Å². The van der Waals surface area contributed by atoms with Gasteiger partial charge in [-0.1, -0.05) is 24.3 Å². The molecule has 1 saturated heterocycles. The maximum atomic E-state index is 13.1. The second-order valence-corrected chi connectivity index (χ2v) is 9.70. The van der Waals surface area contributed by atoms with Gasteiger partial charge < -0.3 is 0 Å². The molecule has 1 fully saturated rings. The summed E-state index contributed by atoms with van der Waals surface area (Å²) in [5.41, 5.74) is 3.20. The van der Waals surface area contributed by atoms with Gasteiger partial charge in [-0.2, -0.15) is 0 Å². The van der Waals surface area contributed by atoms with E-state index in [4.69, 9.17) is 0 Å². The van der Waals surface area contributed by atoms with Crippen molar-refractivity contribution < 1.29 is 17.6 Å². The molecule has 0 aliphatic carbocycles. The van der Waals surface area contributed by atoms with Crippen LogP contribution in [0, 0.1) is 12.7 Å². The minimum Gasteiger partial charge on any atom is -0.295 e. The topological polar surface area (TPSA) is 66.5 Å². The van der Waals surface area contributed by atoms with Crippen LogP contribution in [0.4, 0.5) is 15.8 Å². The highest BCUT2D eigenvalue weighted by Crippen LogP contribution is 2.42. The van der Waals surface area contributed by atoms with E-state index in [1.54, 1.807) is 17.0 Å². The third-order valence-electron chi connectivity index (χ3n) is 4.72. The number of halogens is 1. The van der Waals surface area contributed by atoms with Crippen LogP contribution in [-0.2, 0) is 14.8 Å². The van der Waals surface area contributed by atoms with Crippen molar-refractivity contribution in [3.05, 3.63) is 89.7 Å². The molecule has 1 heterocycles. The van der Waals surface area contributed by atoms with E-state index >= 15 is 0 Å². The Labute approximate surface area is 179 Å². The molecule has 0 bridgehead atoms. The molecule has 4 rings (SSSR count). The molecule has 1 atom stereocenters. The zero-order valence-electron chi connectivity index (χ0n) is 16.1. The summed E-state index contributed by atoms with van der Waals surface area (Å²) < 4.78 is 40.5. The number of aryl methyl sites for hydroxylation is 1. The van der Waals surface area contributed by atoms with Crippen LogP contribution in [0.3, 0.4) is 0 Å². The van der Waals surface area contributed by atoms with Crippen molar-refractivity contribution in [2.45, 2.75) is 17.2 Å². The van der Waals surface area contributed by atoms with Crippen LogP contribution < -0.4 is 9.62 Å². The molecule has 3 aromatic rings. The molecule has 0 aromatic heterocycles. The van der Waals surface area contributed by atoms with Crippen LogP contribution in [0.15, 0.2) is 77.7 Å². The summed E-state index contributed by atoms with van der Waals surface area (Å²) >= 11 is 1.53. The molecule has 0 radical (unpaired) electrons. The average Bonchev–Trinajstić information content (AvgIpc) is 3.10. The Bertz CT molecular complexity index is 1180. The minimum atomic E-state index is -3.82. The van der Waals surface area contributed by atoms with Crippen molar-refractivity contribution in [2.24, 2.45) is 0 Å². The van der Waals surface area contributed by atoms with Gasteiger partial charge in [-0.25, -0.2) is 12.8 Å². The molecule has 3 aromatic carbocycles. The lowest BCUT2D eigenvalue weighted by Crippen LogP contribution is -2.27. The molecular formula is C22H19FN2O3S2. The number of sulfonamides is 1. The third kappa shape index (κ3) is 4.20. The number of benzene rings is 3. The van der Waals surface area contributed by atoms with Gasteiger partial charge in [0.15, 0.2) is 0 Å². The van der Waals surface area contributed by atoms with Crippen molar-refractivity contribution in [1.82, 2.24) is 0 Å². The molecule has 30 heavy (non-hydrogen) atoms. The van der Waals surface area contributed by atoms with E-state index in [0.29, 0.717) is 11.4 Å². The Morgan fingerprint density at radius 2 is 1.73 bits per heavy atom. The number of anilines is 2. The fraction of sp³-hybridized carbons (Fsp3) is 0.136. The first-order chi connectivity index (χ1) is 14.3. The molecule has 8 heteroatoms. The van der Waals surface area contributed by atoms with E-state index in [0.717, 1.165) is 28.9 Å². The zero-order chi connectivity index (χ0) is 21.3. The highest BCUT2D eigenvalue weighted by molar-refractivity contribution is 8.00. The lowest BCUT2D eigenvalue weighted by atomic mass is 10.1. The molecule has 0 spiro atoms. The van der Waals surface area contributed by atoms with E-state index in [1.807, 2.05) is 43.3 Å². The number of amides is 1. The van der Waals surface area contributed by atoms with Gasteiger partial charge in [0.1, 0.15) is 11.2 Å². The van der Waals surface area contributed by atoms with Gasteiger partial charge in [0.25, 0.3) is 10.0 Å². The van der Waals surface area contributed by atoms with E-state index < -0.39 is 15.8 Å². The maximum absolute atomic E-state index is 13.1. The second-order valence-electron chi connectivity index (χ2n) is 6.95. The molecule has 0 unspecified atom stereocenters. The summed E-state index contributed by atoms with van der Waals surface area (Å²) in [7, 11) is -3.82. The summed E-state index contributed by atoms with van der Waals surface area (Å²) in [6, 6.07) is 19.4. The zero-order valence-corrected chi connectivity index (χ0v) is 17.7. The molecule has 154 valence electrons. The SMILES string of the molecule is Cc1cccc(N2C(=O)CS[C@@H]2c2ccc(NS(=O)(=O)c3ccc(F)cc3)cc2)c1. The summed E-state index contributed by atoms with van der Waals surface area (Å²) in [6.45, 7) is 1.98. The molecular weight excluding hydrogens is 423 g/mol. The van der Waals surface area contributed by atoms with Gasteiger partial charge in [-0.3, -0.25) is 14.4 Å². The number of thioether (sulfide) groups is 1. The van der Waals surface area contributed by atoms with E-state index in [1.165, 1.54) is 23.9 Å². The first-order valence-corrected chi connectivity index (χ1v) is 11.8. The van der Waals surface area contributed by atoms with Gasteiger partial charge in [0.2, 0.25) is 5.91 Å². The number of hydrogen-bond donors (Lipinski definition) is 1. The number of carbonyl (C=O) groups excluding carboxylic acids is 1. The normalized spacial score (nSPS) is 16.7. The van der Waals surface area contributed by atoms with Crippen LogP contribution in [0.1, 0.15) is 16.5 Å². The lowest BCUT2D eigenvalue weighted by Gasteiger charge is -2.25. The smallest absolute Gasteiger partial charge is 0.261 e. The Hall–Kier alpha value is -2.84. The predicted molar refractivity (Wildman–Crippen MR) is 118 cm³/mol. The number of hydrogen-bond acceptors (Lipinski definition) is 4. The molecule has 5 nitrogen and oxygen atoms in total. The van der Waals surface area contributed by atoms with Crippen LogP contribution in [-0.4, -0.2) is 20.1 Å². The standard InChI is InChI=1S/C22H19FN2O3S2/c1-15-3-2-4-19(13-15)25-21(26)14-29-22(25)16-5-9-18(10-6-16)24-30(27,28)20-11-7-17(23)8-12-20/h2-13,22,24H,14H2,1H3/t22-/m1/s1. The Morgan fingerprint density at radius 1 is 1.03 bits per heavy atom. The van der Waals surface area contributed by atoms with Crippen LogP contribution >= 0.6 is 11.8 Å². The quantitative estimate of drug-likeness (QED) is 0.621. The van der Waals surface area contributed by atoms with Crippen molar-refractivity contribution >= 4 is 39.1 Å².